The van der Waals surface area contributed by atoms with Crippen molar-refractivity contribution in [1.82, 2.24) is 10.2 Å². The summed E-state index contributed by atoms with van der Waals surface area (Å²) in [6.07, 6.45) is 4.31. The molecule has 0 saturated heterocycles. The highest BCUT2D eigenvalue weighted by Crippen LogP contribution is 2.33. The standard InChI is InChI=1S/C32H35FN2O6/c1-38-26-13-7-21(19-28(26)39-2)15-16-35(32(37)23-10-14-27-29(20-23)41-18-17-40-27)30(22-8-11-24(33)12-9-22)31(36)34-25-5-3-4-6-25/h7-14,19-20,25,30H,3-6,15-18H2,1-2H3,(H,34,36)/t30-/m1/s1. The van der Waals surface area contributed by atoms with Crippen LogP contribution in [0.15, 0.2) is 60.7 Å². The Labute approximate surface area is 239 Å². The largest absolute Gasteiger partial charge is 0.493 e. The van der Waals surface area contributed by atoms with E-state index in [-0.39, 0.29) is 24.4 Å². The Kier molecular flexibility index (Phi) is 8.91. The molecular formula is C32H35FN2O6. The molecule has 216 valence electrons. The van der Waals surface area contributed by atoms with Gasteiger partial charge in [0.1, 0.15) is 25.1 Å². The molecule has 1 atom stereocenters. The Morgan fingerprint density at radius 1 is 0.927 bits per heavy atom. The van der Waals surface area contributed by atoms with Crippen LogP contribution in [-0.4, -0.2) is 56.7 Å². The number of carbonyl (C=O) groups excluding carboxylic acids is 2. The summed E-state index contributed by atoms with van der Waals surface area (Å²) in [6, 6.07) is 15.4. The molecule has 2 amide bonds. The molecular weight excluding hydrogens is 527 g/mol. The number of nitrogens with zero attached hydrogens (tertiary/aromatic N) is 1. The number of amides is 2. The first-order valence-corrected chi connectivity index (χ1v) is 13.9. The molecule has 1 N–H and O–H groups in total. The Hall–Kier alpha value is -4.27. The van der Waals surface area contributed by atoms with Gasteiger partial charge in [-0.1, -0.05) is 31.0 Å². The first kappa shape index (κ1) is 28.3. The second kappa shape index (κ2) is 12.9. The van der Waals surface area contributed by atoms with E-state index in [0.29, 0.717) is 53.8 Å². The van der Waals surface area contributed by atoms with Gasteiger partial charge in [-0.15, -0.1) is 0 Å². The van der Waals surface area contributed by atoms with Crippen molar-refractivity contribution in [3.05, 3.63) is 83.2 Å². The van der Waals surface area contributed by atoms with Gasteiger partial charge in [-0.05, 0) is 72.9 Å². The summed E-state index contributed by atoms with van der Waals surface area (Å²) in [4.78, 5) is 29.7. The van der Waals surface area contributed by atoms with Gasteiger partial charge in [0, 0.05) is 18.2 Å². The van der Waals surface area contributed by atoms with Crippen molar-refractivity contribution >= 4 is 11.8 Å². The number of ether oxygens (including phenoxy) is 4. The molecule has 2 aliphatic rings. The minimum atomic E-state index is -0.975. The molecule has 9 heteroatoms. The van der Waals surface area contributed by atoms with E-state index in [4.69, 9.17) is 18.9 Å². The number of carbonyl (C=O) groups is 2. The third-order valence-electron chi connectivity index (χ3n) is 7.59. The SMILES string of the molecule is COc1ccc(CCN(C(=O)c2ccc3c(c2)OCCO3)[C@@H](C(=O)NC2CCCC2)c2ccc(F)cc2)cc1OC. The van der Waals surface area contributed by atoms with E-state index in [2.05, 4.69) is 5.32 Å². The van der Waals surface area contributed by atoms with Gasteiger partial charge < -0.3 is 29.2 Å². The van der Waals surface area contributed by atoms with Crippen LogP contribution in [-0.2, 0) is 11.2 Å². The molecule has 8 nitrogen and oxygen atoms in total. The lowest BCUT2D eigenvalue weighted by Gasteiger charge is -2.33. The van der Waals surface area contributed by atoms with E-state index < -0.39 is 11.9 Å². The number of methoxy groups -OCH3 is 2. The minimum Gasteiger partial charge on any atom is -0.493 e. The molecule has 5 rings (SSSR count). The quantitative estimate of drug-likeness (QED) is 0.370. The molecule has 3 aromatic carbocycles. The molecule has 1 saturated carbocycles. The maximum absolute atomic E-state index is 14.2. The number of nitrogens with one attached hydrogen (secondary N) is 1. The number of rotatable bonds is 10. The molecule has 0 unspecified atom stereocenters. The van der Waals surface area contributed by atoms with E-state index in [1.54, 1.807) is 49.5 Å². The van der Waals surface area contributed by atoms with Crippen LogP contribution < -0.4 is 24.3 Å². The van der Waals surface area contributed by atoms with Gasteiger partial charge in [0.25, 0.3) is 5.91 Å². The predicted octanol–water partition coefficient (Wildman–Crippen LogP) is 5.10. The lowest BCUT2D eigenvalue weighted by molar-refractivity contribution is -0.126. The van der Waals surface area contributed by atoms with Crippen LogP contribution in [0.5, 0.6) is 23.0 Å². The van der Waals surface area contributed by atoms with Crippen LogP contribution in [0.2, 0.25) is 0 Å². The minimum absolute atomic E-state index is 0.0440. The van der Waals surface area contributed by atoms with E-state index >= 15 is 0 Å². The average Bonchev–Trinajstić information content (AvgIpc) is 3.52. The topological polar surface area (TPSA) is 86.3 Å². The fourth-order valence-electron chi connectivity index (χ4n) is 5.44. The van der Waals surface area contributed by atoms with Crippen molar-refractivity contribution in [1.29, 1.82) is 0 Å². The van der Waals surface area contributed by atoms with Crippen molar-refractivity contribution in [2.75, 3.05) is 34.0 Å². The summed E-state index contributed by atoms with van der Waals surface area (Å²) in [6.45, 7) is 1.03. The summed E-state index contributed by atoms with van der Waals surface area (Å²) in [7, 11) is 3.14. The zero-order valence-electron chi connectivity index (χ0n) is 23.4. The van der Waals surface area contributed by atoms with Crippen LogP contribution in [0.25, 0.3) is 0 Å². The highest BCUT2D eigenvalue weighted by atomic mass is 19.1. The number of fused-ring (bicyclic) bond motifs is 1. The summed E-state index contributed by atoms with van der Waals surface area (Å²) < 4.78 is 36.1. The Bertz CT molecular complexity index is 1370. The first-order chi connectivity index (χ1) is 20.0. The number of benzene rings is 3. The van der Waals surface area contributed by atoms with E-state index in [1.165, 1.54) is 12.1 Å². The molecule has 1 heterocycles. The van der Waals surface area contributed by atoms with Gasteiger partial charge >= 0.3 is 0 Å². The fraction of sp³-hybridized carbons (Fsp3) is 0.375. The number of halogens is 1. The lowest BCUT2D eigenvalue weighted by atomic mass is 10.0. The Balaban J connectivity index is 1.51. The summed E-state index contributed by atoms with van der Waals surface area (Å²) in [5.41, 5.74) is 1.79. The zero-order chi connectivity index (χ0) is 28.8. The molecule has 0 aromatic heterocycles. The van der Waals surface area contributed by atoms with Gasteiger partial charge in [0.15, 0.2) is 23.0 Å². The maximum atomic E-state index is 14.2. The molecule has 1 aliphatic heterocycles. The van der Waals surface area contributed by atoms with Crippen molar-refractivity contribution in [3.8, 4) is 23.0 Å². The molecule has 41 heavy (non-hydrogen) atoms. The van der Waals surface area contributed by atoms with Crippen molar-refractivity contribution in [3.63, 3.8) is 0 Å². The van der Waals surface area contributed by atoms with Crippen molar-refractivity contribution in [2.24, 2.45) is 0 Å². The normalized spacial score (nSPS) is 15.2. The molecule has 0 spiro atoms. The summed E-state index contributed by atoms with van der Waals surface area (Å²) in [5, 5.41) is 3.15. The van der Waals surface area contributed by atoms with Crippen LogP contribution in [0.4, 0.5) is 4.39 Å². The predicted molar refractivity (Wildman–Crippen MR) is 151 cm³/mol. The van der Waals surface area contributed by atoms with E-state index in [0.717, 1.165) is 31.2 Å². The highest BCUT2D eigenvalue weighted by molar-refractivity contribution is 5.98. The van der Waals surface area contributed by atoms with Crippen LogP contribution in [0.3, 0.4) is 0 Å². The van der Waals surface area contributed by atoms with Crippen LogP contribution in [0, 0.1) is 5.82 Å². The zero-order valence-corrected chi connectivity index (χ0v) is 23.4. The lowest BCUT2D eigenvalue weighted by Crippen LogP contribution is -2.46. The molecule has 1 fully saturated rings. The third-order valence-corrected chi connectivity index (χ3v) is 7.59. The van der Waals surface area contributed by atoms with Crippen molar-refractivity contribution in [2.45, 2.75) is 44.2 Å². The first-order valence-electron chi connectivity index (χ1n) is 13.9. The molecule has 0 bridgehead atoms. The molecule has 3 aromatic rings. The third kappa shape index (κ3) is 6.56. The second-order valence-electron chi connectivity index (χ2n) is 10.2. The second-order valence-corrected chi connectivity index (χ2v) is 10.2. The van der Waals surface area contributed by atoms with Gasteiger partial charge in [-0.25, -0.2) is 4.39 Å². The monoisotopic (exact) mass is 562 g/mol. The van der Waals surface area contributed by atoms with Gasteiger partial charge in [0.05, 0.1) is 14.2 Å². The Morgan fingerprint density at radius 3 is 2.34 bits per heavy atom. The van der Waals surface area contributed by atoms with E-state index in [9.17, 15) is 14.0 Å². The number of hydrogen-bond acceptors (Lipinski definition) is 6. The molecule has 1 aliphatic carbocycles. The smallest absolute Gasteiger partial charge is 0.254 e. The van der Waals surface area contributed by atoms with Gasteiger partial charge in [-0.2, -0.15) is 0 Å². The van der Waals surface area contributed by atoms with Crippen LogP contribution in [0.1, 0.15) is 53.2 Å². The summed E-state index contributed by atoms with van der Waals surface area (Å²) >= 11 is 0. The molecule has 0 radical (unpaired) electrons. The highest BCUT2D eigenvalue weighted by Gasteiger charge is 2.34. The maximum Gasteiger partial charge on any atom is 0.254 e. The average molecular weight is 563 g/mol. The fourth-order valence-corrected chi connectivity index (χ4v) is 5.44. The summed E-state index contributed by atoms with van der Waals surface area (Å²) in [5.74, 6) is 1.16. The van der Waals surface area contributed by atoms with Gasteiger partial charge in [-0.3, -0.25) is 9.59 Å². The number of hydrogen-bond donors (Lipinski definition) is 1. The Morgan fingerprint density at radius 2 is 1.63 bits per heavy atom. The van der Waals surface area contributed by atoms with Crippen molar-refractivity contribution < 1.29 is 32.9 Å². The van der Waals surface area contributed by atoms with Crippen LogP contribution >= 0.6 is 0 Å². The van der Waals surface area contributed by atoms with Gasteiger partial charge in [0.2, 0.25) is 5.91 Å². The van der Waals surface area contributed by atoms with E-state index in [1.807, 2.05) is 18.2 Å².